The lowest BCUT2D eigenvalue weighted by Gasteiger charge is -2.42. The van der Waals surface area contributed by atoms with Crippen LogP contribution in [0.4, 0.5) is 22.4 Å². The van der Waals surface area contributed by atoms with Crippen LogP contribution in [0, 0.1) is 5.82 Å². The molecule has 1 aromatic rings. The summed E-state index contributed by atoms with van der Waals surface area (Å²) in [6.45, 7) is 5.18. The molecule has 0 saturated carbocycles. The Morgan fingerprint density at radius 1 is 1.21 bits per heavy atom. The molecule has 0 aromatic heterocycles. The average Bonchev–Trinajstić information content (AvgIpc) is 2.57. The van der Waals surface area contributed by atoms with Gasteiger partial charge >= 0.3 is 18.2 Å². The van der Waals surface area contributed by atoms with E-state index in [4.69, 9.17) is 4.74 Å². The van der Waals surface area contributed by atoms with Gasteiger partial charge in [-0.05, 0) is 51.3 Å². The van der Waals surface area contributed by atoms with E-state index >= 15 is 0 Å². The van der Waals surface area contributed by atoms with Crippen molar-refractivity contribution in [3.05, 3.63) is 35.6 Å². The number of amides is 2. The highest BCUT2D eigenvalue weighted by Crippen LogP contribution is 2.35. The molecule has 1 fully saturated rings. The van der Waals surface area contributed by atoms with Crippen LogP contribution in [0.3, 0.4) is 0 Å². The molecule has 1 saturated heterocycles. The maximum atomic E-state index is 13.7. The molecule has 1 aliphatic heterocycles. The molecule has 0 radical (unpaired) electrons. The van der Waals surface area contributed by atoms with Gasteiger partial charge in [-0.1, -0.05) is 12.1 Å². The van der Waals surface area contributed by atoms with E-state index < -0.39 is 41.7 Å². The second kappa shape index (κ2) is 7.97. The minimum atomic E-state index is -4.98. The molecule has 5 nitrogen and oxygen atoms in total. The number of hydrogen-bond acceptors (Lipinski definition) is 3. The predicted molar refractivity (Wildman–Crippen MR) is 93.9 cm³/mol. The molecule has 1 aromatic carbocycles. The van der Waals surface area contributed by atoms with Crippen LogP contribution < -0.4 is 0 Å². The van der Waals surface area contributed by atoms with Crippen LogP contribution in [0.25, 0.3) is 0 Å². The lowest BCUT2D eigenvalue weighted by Crippen LogP contribution is -2.52. The van der Waals surface area contributed by atoms with E-state index in [0.717, 1.165) is 7.05 Å². The molecule has 0 bridgehead atoms. The zero-order chi connectivity index (χ0) is 21.3. The Bertz CT molecular complexity index is 731. The van der Waals surface area contributed by atoms with Gasteiger partial charge in [0, 0.05) is 19.6 Å². The van der Waals surface area contributed by atoms with Gasteiger partial charge in [-0.2, -0.15) is 13.2 Å². The molecule has 0 N–H and O–H groups in total. The van der Waals surface area contributed by atoms with Crippen molar-refractivity contribution < 1.29 is 31.9 Å². The maximum Gasteiger partial charge on any atom is 0.471 e. The number of benzene rings is 1. The fourth-order valence-corrected chi connectivity index (χ4v) is 3.23. The smallest absolute Gasteiger partial charge is 0.444 e. The van der Waals surface area contributed by atoms with Gasteiger partial charge in [-0.3, -0.25) is 4.79 Å². The lowest BCUT2D eigenvalue weighted by atomic mass is 9.91. The maximum absolute atomic E-state index is 13.7. The number of carbonyl (C=O) groups excluding carboxylic acids is 2. The van der Waals surface area contributed by atoms with Crippen molar-refractivity contribution >= 4 is 12.0 Å². The molecule has 1 aliphatic rings. The largest absolute Gasteiger partial charge is 0.471 e. The summed E-state index contributed by atoms with van der Waals surface area (Å²) in [6, 6.07) is 4.07. The zero-order valence-corrected chi connectivity index (χ0v) is 16.2. The molecule has 156 valence electrons. The summed E-state index contributed by atoms with van der Waals surface area (Å²) in [5.74, 6) is -2.47. The van der Waals surface area contributed by atoms with Gasteiger partial charge in [0.15, 0.2) is 0 Å². The molecule has 1 heterocycles. The third kappa shape index (κ3) is 5.36. The third-order valence-electron chi connectivity index (χ3n) is 4.55. The highest BCUT2D eigenvalue weighted by molar-refractivity contribution is 5.82. The standard InChI is InChI=1S/C19H24F4N2O3/c1-18(2,3)28-17(27)25-9-8-14(24(4)16(26)19(21,22)23)11-15(25)12-6-5-7-13(20)10-12/h5-7,10,14-15H,8-9,11H2,1-4H3/t14-,15-/m0/s1. The first-order valence-electron chi connectivity index (χ1n) is 8.88. The highest BCUT2D eigenvalue weighted by Gasteiger charge is 2.45. The number of piperidine rings is 1. The Kier molecular flexibility index (Phi) is 6.25. The normalized spacial score (nSPS) is 20.6. The minimum absolute atomic E-state index is 0.0427. The molecule has 0 spiro atoms. The molecule has 28 heavy (non-hydrogen) atoms. The topological polar surface area (TPSA) is 49.9 Å². The second-order valence-electron chi connectivity index (χ2n) is 7.84. The predicted octanol–water partition coefficient (Wildman–Crippen LogP) is 4.29. The van der Waals surface area contributed by atoms with Crippen molar-refractivity contribution in [1.82, 2.24) is 9.80 Å². The Balaban J connectivity index is 2.30. The van der Waals surface area contributed by atoms with E-state index in [-0.39, 0.29) is 19.4 Å². The van der Waals surface area contributed by atoms with Gasteiger partial charge in [-0.25, -0.2) is 9.18 Å². The van der Waals surface area contributed by atoms with Crippen LogP contribution in [-0.2, 0) is 9.53 Å². The lowest BCUT2D eigenvalue weighted by molar-refractivity contribution is -0.187. The Hall–Kier alpha value is -2.32. The summed E-state index contributed by atoms with van der Waals surface area (Å²) in [6.07, 6.45) is -5.42. The number of alkyl halides is 3. The molecule has 2 amide bonds. The monoisotopic (exact) mass is 404 g/mol. The molecule has 2 rings (SSSR count). The Morgan fingerprint density at radius 2 is 1.86 bits per heavy atom. The van der Waals surface area contributed by atoms with Gasteiger partial charge in [0.1, 0.15) is 11.4 Å². The SMILES string of the molecule is CN(C(=O)C(F)(F)F)[C@H]1CCN(C(=O)OC(C)(C)C)[C@H](c2cccc(F)c2)C1. The second-order valence-corrected chi connectivity index (χ2v) is 7.84. The molecule has 0 aliphatic carbocycles. The van der Waals surface area contributed by atoms with E-state index in [9.17, 15) is 27.2 Å². The van der Waals surface area contributed by atoms with E-state index in [1.54, 1.807) is 26.8 Å². The summed E-state index contributed by atoms with van der Waals surface area (Å²) in [5, 5.41) is 0. The fourth-order valence-electron chi connectivity index (χ4n) is 3.23. The Morgan fingerprint density at radius 3 is 2.39 bits per heavy atom. The van der Waals surface area contributed by atoms with Crippen LogP contribution in [0.2, 0.25) is 0 Å². The number of halogens is 4. The van der Waals surface area contributed by atoms with Crippen molar-refractivity contribution in [2.24, 2.45) is 0 Å². The first-order valence-corrected chi connectivity index (χ1v) is 8.88. The van der Waals surface area contributed by atoms with Gasteiger partial charge in [0.2, 0.25) is 0 Å². The number of rotatable bonds is 2. The quantitative estimate of drug-likeness (QED) is 0.691. The molecule has 0 unspecified atom stereocenters. The van der Waals surface area contributed by atoms with E-state index in [2.05, 4.69) is 0 Å². The summed E-state index contributed by atoms with van der Waals surface area (Å²) in [7, 11) is 1.09. The van der Waals surface area contributed by atoms with Gasteiger partial charge < -0.3 is 14.5 Å². The van der Waals surface area contributed by atoms with Crippen molar-refractivity contribution in [3.8, 4) is 0 Å². The summed E-state index contributed by atoms with van der Waals surface area (Å²) < 4.78 is 57.5. The summed E-state index contributed by atoms with van der Waals surface area (Å²) >= 11 is 0. The van der Waals surface area contributed by atoms with Crippen LogP contribution in [0.15, 0.2) is 24.3 Å². The van der Waals surface area contributed by atoms with Crippen molar-refractivity contribution in [3.63, 3.8) is 0 Å². The van der Waals surface area contributed by atoms with E-state index in [0.29, 0.717) is 10.5 Å². The van der Waals surface area contributed by atoms with Gasteiger partial charge in [0.05, 0.1) is 6.04 Å². The molecular formula is C19H24F4N2O3. The third-order valence-corrected chi connectivity index (χ3v) is 4.55. The van der Waals surface area contributed by atoms with E-state index in [1.165, 1.54) is 23.1 Å². The molecular weight excluding hydrogens is 380 g/mol. The Labute approximate surface area is 161 Å². The number of likely N-dealkylation sites (tertiary alicyclic amines) is 1. The van der Waals surface area contributed by atoms with Crippen LogP contribution >= 0.6 is 0 Å². The van der Waals surface area contributed by atoms with Crippen molar-refractivity contribution in [2.75, 3.05) is 13.6 Å². The summed E-state index contributed by atoms with van der Waals surface area (Å²) in [4.78, 5) is 26.2. The van der Waals surface area contributed by atoms with E-state index in [1.807, 2.05) is 0 Å². The first kappa shape index (κ1) is 22.0. The molecule has 9 heteroatoms. The van der Waals surface area contributed by atoms with Crippen molar-refractivity contribution in [1.29, 1.82) is 0 Å². The first-order chi connectivity index (χ1) is 12.8. The number of ether oxygens (including phenoxy) is 1. The summed E-state index contributed by atoms with van der Waals surface area (Å²) in [5.41, 5.74) is -0.327. The minimum Gasteiger partial charge on any atom is -0.444 e. The fraction of sp³-hybridized carbons (Fsp3) is 0.579. The van der Waals surface area contributed by atoms with Crippen LogP contribution in [0.1, 0.15) is 45.2 Å². The number of nitrogens with zero attached hydrogens (tertiary/aromatic N) is 2. The van der Waals surface area contributed by atoms with Crippen molar-refractivity contribution in [2.45, 2.75) is 57.5 Å². The molecule has 2 atom stereocenters. The highest BCUT2D eigenvalue weighted by atomic mass is 19.4. The number of carbonyl (C=O) groups is 2. The van der Waals surface area contributed by atoms with Gasteiger partial charge in [0.25, 0.3) is 0 Å². The van der Waals surface area contributed by atoms with Crippen LogP contribution in [0.5, 0.6) is 0 Å². The average molecular weight is 404 g/mol. The number of hydrogen-bond donors (Lipinski definition) is 0. The van der Waals surface area contributed by atoms with Gasteiger partial charge in [-0.15, -0.1) is 0 Å². The zero-order valence-electron chi connectivity index (χ0n) is 16.2. The van der Waals surface area contributed by atoms with Crippen LogP contribution in [-0.4, -0.2) is 53.2 Å².